The molecule has 0 radical (unpaired) electrons. The van der Waals surface area contributed by atoms with Crippen LogP contribution in [0.2, 0.25) is 0 Å². The van der Waals surface area contributed by atoms with Crippen LogP contribution < -0.4 is 20.1 Å². The Hall–Kier alpha value is -3.29. The number of para-hydroxylation sites is 1. The van der Waals surface area contributed by atoms with Crippen molar-refractivity contribution in [3.8, 4) is 11.5 Å². The Morgan fingerprint density at radius 1 is 1.14 bits per heavy atom. The molecule has 4 aromatic rings. The molecule has 1 spiro atoms. The zero-order valence-corrected chi connectivity index (χ0v) is 20.7. The van der Waals surface area contributed by atoms with Gasteiger partial charge in [-0.1, -0.05) is 25.1 Å². The molecule has 0 bridgehead atoms. The number of benzene rings is 2. The third-order valence-electron chi connectivity index (χ3n) is 7.37. The van der Waals surface area contributed by atoms with Gasteiger partial charge in [-0.05, 0) is 60.7 Å². The van der Waals surface area contributed by atoms with Crippen LogP contribution in [0.15, 0.2) is 66.0 Å². The Morgan fingerprint density at radius 3 is 2.66 bits per heavy atom. The summed E-state index contributed by atoms with van der Waals surface area (Å²) < 4.78 is 15.1. The quantitative estimate of drug-likeness (QED) is 0.302. The van der Waals surface area contributed by atoms with Crippen molar-refractivity contribution in [2.24, 2.45) is 13.0 Å². The second-order valence-corrected chi connectivity index (χ2v) is 10.4. The summed E-state index contributed by atoms with van der Waals surface area (Å²) in [6, 6.07) is 20.2. The second kappa shape index (κ2) is 8.73. The zero-order valence-electron chi connectivity index (χ0n) is 19.9. The van der Waals surface area contributed by atoms with Gasteiger partial charge in [0.25, 0.3) is 5.91 Å². The van der Waals surface area contributed by atoms with Crippen molar-refractivity contribution in [3.63, 3.8) is 0 Å². The number of aromatic nitrogens is 1. The minimum absolute atomic E-state index is 0.131. The van der Waals surface area contributed by atoms with Crippen molar-refractivity contribution in [1.29, 1.82) is 0 Å². The van der Waals surface area contributed by atoms with Gasteiger partial charge in [-0.3, -0.25) is 4.79 Å². The molecule has 7 heteroatoms. The van der Waals surface area contributed by atoms with Crippen LogP contribution >= 0.6 is 11.3 Å². The molecule has 1 aliphatic heterocycles. The highest BCUT2D eigenvalue weighted by Gasteiger charge is 2.69. The van der Waals surface area contributed by atoms with E-state index in [0.29, 0.717) is 29.8 Å². The van der Waals surface area contributed by atoms with Gasteiger partial charge in [0.2, 0.25) is 0 Å². The number of nitrogens with zero attached hydrogens (tertiary/aromatic N) is 1. The van der Waals surface area contributed by atoms with Crippen LogP contribution in [0.1, 0.15) is 35.8 Å². The Labute approximate surface area is 208 Å². The van der Waals surface area contributed by atoms with Crippen molar-refractivity contribution in [2.75, 3.05) is 11.9 Å². The van der Waals surface area contributed by atoms with Crippen molar-refractivity contribution in [1.82, 2.24) is 9.88 Å². The molecule has 2 N–H and O–H groups in total. The maximum atomic E-state index is 13.0. The van der Waals surface area contributed by atoms with E-state index in [9.17, 15) is 4.79 Å². The van der Waals surface area contributed by atoms with Crippen molar-refractivity contribution >= 4 is 33.1 Å². The van der Waals surface area contributed by atoms with Crippen LogP contribution in [0.25, 0.3) is 10.2 Å². The standard InChI is InChI=1S/C28H29N3O3S/c1-3-26-28(30-26)15-19(28)17-34-21-10-8-20(9-11-21)33-16-18-6-4-5-7-22(18)29-27(32)24-14-25-23(31(24)2)12-13-35-25/h4-14,19,26,30H,3,15-17H2,1-2H3,(H,29,32). The van der Waals surface area contributed by atoms with E-state index in [0.717, 1.165) is 39.6 Å². The molecule has 2 aliphatic rings. The van der Waals surface area contributed by atoms with Crippen LogP contribution in [0.3, 0.4) is 0 Å². The van der Waals surface area contributed by atoms with E-state index in [1.54, 1.807) is 11.3 Å². The van der Waals surface area contributed by atoms with Crippen LogP contribution in [-0.4, -0.2) is 28.7 Å². The van der Waals surface area contributed by atoms with E-state index in [1.807, 2.05) is 77.7 Å². The second-order valence-electron chi connectivity index (χ2n) is 9.49. The molecular weight excluding hydrogens is 458 g/mol. The fourth-order valence-electron chi connectivity index (χ4n) is 5.12. The lowest BCUT2D eigenvalue weighted by molar-refractivity contribution is 0.101. The van der Waals surface area contributed by atoms with E-state index < -0.39 is 0 Å². The van der Waals surface area contributed by atoms with E-state index in [4.69, 9.17) is 9.47 Å². The van der Waals surface area contributed by atoms with Crippen molar-refractivity contribution in [3.05, 3.63) is 77.3 Å². The number of nitrogens with one attached hydrogen (secondary N) is 2. The first-order chi connectivity index (χ1) is 17.1. The fraction of sp³-hybridized carbons (Fsp3) is 0.321. The number of ether oxygens (including phenoxy) is 2. The molecule has 180 valence electrons. The lowest BCUT2D eigenvalue weighted by Crippen LogP contribution is -2.17. The Bertz CT molecular complexity index is 1380. The molecule has 6 rings (SSSR count). The fourth-order valence-corrected chi connectivity index (χ4v) is 5.97. The van der Waals surface area contributed by atoms with Gasteiger partial charge >= 0.3 is 0 Å². The third-order valence-corrected chi connectivity index (χ3v) is 8.23. The smallest absolute Gasteiger partial charge is 0.272 e. The third kappa shape index (κ3) is 4.19. The van der Waals surface area contributed by atoms with E-state index in [-0.39, 0.29) is 5.91 Å². The first kappa shape index (κ1) is 22.2. The van der Waals surface area contributed by atoms with Gasteiger partial charge in [0.1, 0.15) is 23.8 Å². The molecule has 2 fully saturated rings. The maximum absolute atomic E-state index is 13.0. The number of anilines is 1. The summed E-state index contributed by atoms with van der Waals surface area (Å²) in [7, 11) is 1.92. The van der Waals surface area contributed by atoms with Gasteiger partial charge in [-0.15, -0.1) is 11.3 Å². The van der Waals surface area contributed by atoms with Gasteiger partial charge < -0.3 is 24.7 Å². The average molecular weight is 488 g/mol. The normalized spacial score (nSPS) is 22.3. The van der Waals surface area contributed by atoms with E-state index in [1.165, 1.54) is 12.8 Å². The minimum Gasteiger partial charge on any atom is -0.493 e. The summed E-state index contributed by atoms with van der Waals surface area (Å²) in [4.78, 5) is 13.0. The summed E-state index contributed by atoms with van der Waals surface area (Å²) in [5, 5.41) is 8.69. The highest BCUT2D eigenvalue weighted by molar-refractivity contribution is 7.17. The van der Waals surface area contributed by atoms with Crippen LogP contribution in [-0.2, 0) is 13.7 Å². The van der Waals surface area contributed by atoms with Crippen LogP contribution in [0.4, 0.5) is 5.69 Å². The largest absolute Gasteiger partial charge is 0.493 e. The SMILES string of the molecule is CCC1NC12CC2COc1ccc(OCc2ccccc2NC(=O)c2cc3sccc3n2C)cc1. The molecule has 1 saturated heterocycles. The molecule has 3 heterocycles. The lowest BCUT2D eigenvalue weighted by Gasteiger charge is -2.13. The zero-order chi connectivity index (χ0) is 24.0. The number of hydrogen-bond donors (Lipinski definition) is 2. The minimum atomic E-state index is -0.131. The number of rotatable bonds is 9. The summed E-state index contributed by atoms with van der Waals surface area (Å²) in [5.74, 6) is 2.12. The number of carbonyl (C=O) groups is 1. The number of amides is 1. The predicted molar refractivity (Wildman–Crippen MR) is 140 cm³/mol. The predicted octanol–water partition coefficient (Wildman–Crippen LogP) is 5.59. The maximum Gasteiger partial charge on any atom is 0.272 e. The molecule has 3 unspecified atom stereocenters. The first-order valence-electron chi connectivity index (χ1n) is 12.1. The summed E-state index contributed by atoms with van der Waals surface area (Å²) in [5.41, 5.74) is 3.75. The number of aryl methyl sites for hydroxylation is 1. The average Bonchev–Trinajstić information content (AvgIpc) is 3.65. The van der Waals surface area contributed by atoms with Gasteiger partial charge in [-0.25, -0.2) is 0 Å². The highest BCUT2D eigenvalue weighted by atomic mass is 32.1. The molecule has 1 aliphatic carbocycles. The van der Waals surface area contributed by atoms with Crippen LogP contribution in [0, 0.1) is 5.92 Å². The molecular formula is C28H29N3O3S. The van der Waals surface area contributed by atoms with E-state index in [2.05, 4.69) is 17.6 Å². The van der Waals surface area contributed by atoms with Crippen molar-refractivity contribution < 1.29 is 14.3 Å². The lowest BCUT2D eigenvalue weighted by atomic mass is 10.2. The first-order valence-corrected chi connectivity index (χ1v) is 13.0. The summed E-state index contributed by atoms with van der Waals surface area (Å²) in [6.45, 7) is 3.35. The Kier molecular flexibility index (Phi) is 5.54. The number of fused-ring (bicyclic) bond motifs is 1. The monoisotopic (exact) mass is 487 g/mol. The van der Waals surface area contributed by atoms with E-state index >= 15 is 0 Å². The molecule has 2 aromatic heterocycles. The molecule has 1 saturated carbocycles. The summed E-state index contributed by atoms with van der Waals surface area (Å²) >= 11 is 1.63. The summed E-state index contributed by atoms with van der Waals surface area (Å²) in [6.07, 6.45) is 2.42. The number of carbonyl (C=O) groups excluding carboxylic acids is 1. The molecule has 1 amide bonds. The van der Waals surface area contributed by atoms with Gasteiger partial charge in [-0.2, -0.15) is 0 Å². The number of hydrogen-bond acceptors (Lipinski definition) is 5. The Morgan fingerprint density at radius 2 is 1.91 bits per heavy atom. The van der Waals surface area contributed by atoms with Crippen molar-refractivity contribution in [2.45, 2.75) is 38.0 Å². The molecule has 2 aromatic carbocycles. The van der Waals surface area contributed by atoms with Gasteiger partial charge in [0.05, 0.1) is 16.8 Å². The molecule has 35 heavy (non-hydrogen) atoms. The topological polar surface area (TPSA) is 74.4 Å². The Balaban J connectivity index is 1.05. The van der Waals surface area contributed by atoms with Crippen LogP contribution in [0.5, 0.6) is 11.5 Å². The molecule has 6 nitrogen and oxygen atoms in total. The molecule has 3 atom stereocenters. The van der Waals surface area contributed by atoms with Gasteiger partial charge in [0, 0.05) is 35.8 Å². The number of thiophene rings is 1. The van der Waals surface area contributed by atoms with Gasteiger partial charge in [0.15, 0.2) is 0 Å². The highest BCUT2D eigenvalue weighted by Crippen LogP contribution is 2.56.